The number of rotatable bonds is 7. The molecule has 1 aromatic rings. The van der Waals surface area contributed by atoms with E-state index in [9.17, 15) is 13.5 Å². The second kappa shape index (κ2) is 6.75. The van der Waals surface area contributed by atoms with Gasteiger partial charge in [-0.15, -0.1) is 0 Å². The molecule has 0 amide bonds. The second-order valence-corrected chi connectivity index (χ2v) is 6.49. The van der Waals surface area contributed by atoms with E-state index >= 15 is 0 Å². The van der Waals surface area contributed by atoms with E-state index in [2.05, 4.69) is 18.6 Å². The van der Waals surface area contributed by atoms with Crippen molar-refractivity contribution in [3.63, 3.8) is 0 Å². The minimum Gasteiger partial charge on any atom is -0.507 e. The Kier molecular flexibility index (Phi) is 5.62. The molecule has 2 N–H and O–H groups in total. The first kappa shape index (κ1) is 15.0. The lowest BCUT2D eigenvalue weighted by molar-refractivity contribution is 0.457. The molecule has 0 fully saturated rings. The van der Waals surface area contributed by atoms with Crippen molar-refractivity contribution in [1.29, 1.82) is 0 Å². The normalized spacial score (nSPS) is 11.9. The lowest BCUT2D eigenvalue weighted by Gasteiger charge is -2.08. The van der Waals surface area contributed by atoms with Crippen molar-refractivity contribution in [1.82, 2.24) is 4.72 Å². The fourth-order valence-electron chi connectivity index (χ4n) is 1.65. The van der Waals surface area contributed by atoms with Crippen LogP contribution in [0.3, 0.4) is 0 Å². The molecule has 1 aromatic carbocycles. The number of nitrogens with one attached hydrogen (secondary N) is 1. The summed E-state index contributed by atoms with van der Waals surface area (Å²) in [5.74, 6) is 0.423. The van der Waals surface area contributed by atoms with Crippen LogP contribution in [0, 0.1) is 5.92 Å². The monoisotopic (exact) mass is 271 g/mol. The van der Waals surface area contributed by atoms with Crippen molar-refractivity contribution in [2.24, 2.45) is 5.92 Å². The van der Waals surface area contributed by atoms with Crippen molar-refractivity contribution in [3.05, 3.63) is 24.3 Å². The van der Waals surface area contributed by atoms with Crippen molar-refractivity contribution in [2.75, 3.05) is 6.54 Å². The van der Waals surface area contributed by atoms with Crippen molar-refractivity contribution >= 4 is 10.0 Å². The van der Waals surface area contributed by atoms with E-state index in [1.54, 1.807) is 12.1 Å². The highest BCUT2D eigenvalue weighted by Crippen LogP contribution is 2.20. The summed E-state index contributed by atoms with van der Waals surface area (Å²) in [5.41, 5.74) is 0. The molecule has 0 aliphatic heterocycles. The molecule has 0 saturated carbocycles. The average Bonchev–Trinajstić information content (AvgIpc) is 2.28. The van der Waals surface area contributed by atoms with Gasteiger partial charge in [0.25, 0.3) is 0 Å². The smallest absolute Gasteiger partial charge is 0.244 e. The molecule has 18 heavy (non-hydrogen) atoms. The van der Waals surface area contributed by atoms with Gasteiger partial charge >= 0.3 is 0 Å². The Labute approximate surface area is 109 Å². The van der Waals surface area contributed by atoms with Crippen LogP contribution in [-0.2, 0) is 10.0 Å². The molecule has 0 spiro atoms. The molecule has 0 aromatic heterocycles. The predicted molar refractivity (Wildman–Crippen MR) is 72.0 cm³/mol. The predicted octanol–water partition coefficient (Wildman–Crippen LogP) is 2.50. The number of aromatic hydroxyl groups is 1. The third-order valence-corrected chi connectivity index (χ3v) is 4.16. The zero-order valence-electron chi connectivity index (χ0n) is 10.9. The molecule has 0 saturated heterocycles. The summed E-state index contributed by atoms with van der Waals surface area (Å²) in [6.45, 7) is 4.70. The van der Waals surface area contributed by atoms with E-state index in [4.69, 9.17) is 0 Å². The number of phenolic OH excluding ortho intramolecular Hbond substituents is 1. The van der Waals surface area contributed by atoms with E-state index in [0.717, 1.165) is 19.3 Å². The maximum atomic E-state index is 11.9. The number of sulfonamides is 1. The fraction of sp³-hybridized carbons (Fsp3) is 0.538. The largest absolute Gasteiger partial charge is 0.507 e. The first-order valence-corrected chi connectivity index (χ1v) is 7.69. The number of hydrogen-bond donors (Lipinski definition) is 2. The van der Waals surface area contributed by atoms with Gasteiger partial charge < -0.3 is 5.11 Å². The van der Waals surface area contributed by atoms with Gasteiger partial charge in [-0.25, -0.2) is 13.1 Å². The molecular weight excluding hydrogens is 250 g/mol. The van der Waals surface area contributed by atoms with Crippen LogP contribution in [0.15, 0.2) is 29.2 Å². The molecule has 0 aliphatic carbocycles. The third-order valence-electron chi connectivity index (χ3n) is 2.66. The van der Waals surface area contributed by atoms with Gasteiger partial charge in [-0.1, -0.05) is 38.8 Å². The van der Waals surface area contributed by atoms with Crippen LogP contribution in [0.2, 0.25) is 0 Å². The first-order valence-electron chi connectivity index (χ1n) is 6.21. The fourth-order valence-corrected chi connectivity index (χ4v) is 2.82. The molecule has 5 heteroatoms. The zero-order chi connectivity index (χ0) is 13.6. The Morgan fingerprint density at radius 3 is 2.50 bits per heavy atom. The molecule has 0 radical (unpaired) electrons. The second-order valence-electron chi connectivity index (χ2n) is 4.76. The molecule has 0 heterocycles. The average molecular weight is 271 g/mol. The number of phenols is 1. The van der Waals surface area contributed by atoms with Gasteiger partial charge in [-0.3, -0.25) is 0 Å². The summed E-state index contributed by atoms with van der Waals surface area (Å²) in [6.07, 6.45) is 2.91. The van der Waals surface area contributed by atoms with Gasteiger partial charge in [-0.05, 0) is 24.5 Å². The van der Waals surface area contributed by atoms with Crippen molar-refractivity contribution < 1.29 is 13.5 Å². The summed E-state index contributed by atoms with van der Waals surface area (Å²) in [4.78, 5) is -0.0612. The minimum atomic E-state index is -3.59. The highest BCUT2D eigenvalue weighted by atomic mass is 32.2. The summed E-state index contributed by atoms with van der Waals surface area (Å²) < 4.78 is 26.3. The van der Waals surface area contributed by atoms with Crippen LogP contribution < -0.4 is 4.72 Å². The molecule has 0 aliphatic rings. The Bertz CT molecular complexity index is 469. The Morgan fingerprint density at radius 1 is 1.22 bits per heavy atom. The standard InChI is InChI=1S/C13H21NO3S/c1-11(2)7-5-6-10-14-18(16,17)13-9-4-3-8-12(13)15/h3-4,8-9,11,14-15H,5-7,10H2,1-2H3. The summed E-state index contributed by atoms with van der Waals surface area (Å²) in [5, 5.41) is 9.50. The Morgan fingerprint density at radius 2 is 1.89 bits per heavy atom. The quantitative estimate of drug-likeness (QED) is 0.749. The molecular formula is C13H21NO3S. The van der Waals surface area contributed by atoms with Crippen LogP contribution in [0.5, 0.6) is 5.75 Å². The Balaban J connectivity index is 2.49. The molecule has 0 atom stereocenters. The van der Waals surface area contributed by atoms with Gasteiger partial charge in [0.2, 0.25) is 10.0 Å². The molecule has 4 nitrogen and oxygen atoms in total. The van der Waals surface area contributed by atoms with Crippen LogP contribution in [-0.4, -0.2) is 20.1 Å². The number of benzene rings is 1. The maximum absolute atomic E-state index is 11.9. The Hall–Kier alpha value is -1.07. The van der Waals surface area contributed by atoms with Crippen LogP contribution in [0.4, 0.5) is 0 Å². The highest BCUT2D eigenvalue weighted by molar-refractivity contribution is 7.89. The van der Waals surface area contributed by atoms with Crippen molar-refractivity contribution in [2.45, 2.75) is 38.0 Å². The molecule has 102 valence electrons. The lowest BCUT2D eigenvalue weighted by Crippen LogP contribution is -2.24. The van der Waals surface area contributed by atoms with E-state index in [1.807, 2.05) is 0 Å². The SMILES string of the molecule is CC(C)CCCCNS(=O)(=O)c1ccccc1O. The highest BCUT2D eigenvalue weighted by Gasteiger charge is 2.16. The number of para-hydroxylation sites is 1. The lowest BCUT2D eigenvalue weighted by atomic mass is 10.1. The summed E-state index contributed by atoms with van der Waals surface area (Å²) >= 11 is 0. The first-order chi connectivity index (χ1) is 8.43. The van der Waals surface area contributed by atoms with Crippen LogP contribution in [0.1, 0.15) is 33.1 Å². The van der Waals surface area contributed by atoms with Gasteiger partial charge in [-0.2, -0.15) is 0 Å². The van der Waals surface area contributed by atoms with E-state index in [0.29, 0.717) is 12.5 Å². The van der Waals surface area contributed by atoms with E-state index < -0.39 is 10.0 Å². The molecule has 0 bridgehead atoms. The van der Waals surface area contributed by atoms with Gasteiger partial charge in [0, 0.05) is 6.54 Å². The van der Waals surface area contributed by atoms with Gasteiger partial charge in [0.05, 0.1) is 0 Å². The van der Waals surface area contributed by atoms with E-state index in [-0.39, 0.29) is 10.6 Å². The van der Waals surface area contributed by atoms with Crippen molar-refractivity contribution in [3.8, 4) is 5.75 Å². The zero-order valence-corrected chi connectivity index (χ0v) is 11.7. The van der Waals surface area contributed by atoms with E-state index in [1.165, 1.54) is 12.1 Å². The number of unbranched alkanes of at least 4 members (excludes halogenated alkanes) is 1. The van der Waals surface area contributed by atoms with Gasteiger partial charge in [0.1, 0.15) is 10.6 Å². The molecule has 0 unspecified atom stereocenters. The van der Waals surface area contributed by atoms with Crippen LogP contribution >= 0.6 is 0 Å². The summed E-state index contributed by atoms with van der Waals surface area (Å²) in [7, 11) is -3.59. The summed E-state index contributed by atoms with van der Waals surface area (Å²) in [6, 6.07) is 5.95. The van der Waals surface area contributed by atoms with Crippen LogP contribution in [0.25, 0.3) is 0 Å². The van der Waals surface area contributed by atoms with Gasteiger partial charge in [0.15, 0.2) is 0 Å². The molecule has 1 rings (SSSR count). The topological polar surface area (TPSA) is 66.4 Å². The third kappa shape index (κ3) is 4.66. The maximum Gasteiger partial charge on any atom is 0.244 e. The minimum absolute atomic E-state index is 0.0612. The number of hydrogen-bond acceptors (Lipinski definition) is 3.